The molecule has 16 heavy (non-hydrogen) atoms. The van der Waals surface area contributed by atoms with Gasteiger partial charge < -0.3 is 14.4 Å². The number of hydrogen-bond donors (Lipinski definition) is 1. The van der Waals surface area contributed by atoms with Gasteiger partial charge in [-0.15, -0.1) is 0 Å². The minimum absolute atomic E-state index is 0.279. The Hall–Kier alpha value is -0.940. The predicted octanol–water partition coefficient (Wildman–Crippen LogP) is 1.45. The molecule has 0 amide bonds. The van der Waals surface area contributed by atoms with E-state index in [1.54, 1.807) is 6.92 Å². The lowest BCUT2D eigenvalue weighted by Crippen LogP contribution is -2.23. The molecule has 0 aliphatic heterocycles. The van der Waals surface area contributed by atoms with Crippen molar-refractivity contribution < 1.29 is 14.4 Å². The fourth-order valence-electron chi connectivity index (χ4n) is 2.07. The summed E-state index contributed by atoms with van der Waals surface area (Å²) in [6.45, 7) is 2.49. The Morgan fingerprint density at radius 3 is 2.69 bits per heavy atom. The van der Waals surface area contributed by atoms with Gasteiger partial charge in [-0.1, -0.05) is 5.16 Å². The van der Waals surface area contributed by atoms with Crippen LogP contribution in [0.15, 0.2) is 4.52 Å². The maximum atomic E-state index is 9.01. The predicted molar refractivity (Wildman–Crippen MR) is 56.7 cm³/mol. The number of aromatic nitrogens is 2. The normalized spacial score (nSPS) is 25.9. The van der Waals surface area contributed by atoms with Crippen LogP contribution in [0, 0.1) is 12.8 Å². The Kier molecular flexibility index (Phi) is 3.90. The van der Waals surface area contributed by atoms with E-state index < -0.39 is 0 Å². The second kappa shape index (κ2) is 5.41. The number of ether oxygens (including phenoxy) is 1. The molecule has 1 aliphatic rings. The quantitative estimate of drug-likeness (QED) is 0.841. The molecule has 0 radical (unpaired) electrons. The highest BCUT2D eigenvalue weighted by Crippen LogP contribution is 2.26. The molecule has 1 heterocycles. The molecule has 90 valence electrons. The lowest BCUT2D eigenvalue weighted by atomic mass is 9.88. The highest BCUT2D eigenvalue weighted by Gasteiger charge is 2.21. The first-order valence-electron chi connectivity index (χ1n) is 5.79. The third kappa shape index (κ3) is 3.02. The van der Waals surface area contributed by atoms with E-state index in [4.69, 9.17) is 14.4 Å². The van der Waals surface area contributed by atoms with Gasteiger partial charge in [0.15, 0.2) is 5.82 Å². The van der Waals surface area contributed by atoms with Gasteiger partial charge in [0.25, 0.3) is 0 Å². The highest BCUT2D eigenvalue weighted by molar-refractivity contribution is 4.81. The van der Waals surface area contributed by atoms with Crippen LogP contribution in [0.25, 0.3) is 0 Å². The largest absolute Gasteiger partial charge is 0.396 e. The Morgan fingerprint density at radius 2 is 2.12 bits per heavy atom. The molecular weight excluding hydrogens is 208 g/mol. The minimum Gasteiger partial charge on any atom is -0.396 e. The van der Waals surface area contributed by atoms with E-state index in [2.05, 4.69) is 10.1 Å². The van der Waals surface area contributed by atoms with E-state index in [1.165, 1.54) is 0 Å². The fourth-order valence-corrected chi connectivity index (χ4v) is 2.07. The molecule has 0 bridgehead atoms. The summed E-state index contributed by atoms with van der Waals surface area (Å²) in [7, 11) is 0. The van der Waals surface area contributed by atoms with Crippen molar-refractivity contribution in [2.24, 2.45) is 5.92 Å². The van der Waals surface area contributed by atoms with Gasteiger partial charge >= 0.3 is 0 Å². The molecule has 1 N–H and O–H groups in total. The van der Waals surface area contributed by atoms with Gasteiger partial charge in [0.05, 0.1) is 6.10 Å². The molecular formula is C11H18N2O3. The Labute approximate surface area is 94.8 Å². The SMILES string of the molecule is Cc1nc(COC2CCC(CO)CC2)no1. The van der Waals surface area contributed by atoms with Gasteiger partial charge in [-0.25, -0.2) is 0 Å². The third-order valence-electron chi connectivity index (χ3n) is 3.07. The smallest absolute Gasteiger partial charge is 0.223 e. The first kappa shape index (κ1) is 11.5. The Morgan fingerprint density at radius 1 is 1.38 bits per heavy atom. The lowest BCUT2D eigenvalue weighted by Gasteiger charge is -2.26. The number of hydrogen-bond acceptors (Lipinski definition) is 5. The first-order valence-corrected chi connectivity index (χ1v) is 5.79. The van der Waals surface area contributed by atoms with Crippen LogP contribution in [0.5, 0.6) is 0 Å². The van der Waals surface area contributed by atoms with E-state index in [9.17, 15) is 0 Å². The topological polar surface area (TPSA) is 68.4 Å². The van der Waals surface area contributed by atoms with E-state index in [0.717, 1.165) is 25.7 Å². The summed E-state index contributed by atoms with van der Waals surface area (Å²) < 4.78 is 10.6. The second-order valence-electron chi connectivity index (χ2n) is 4.37. The lowest BCUT2D eigenvalue weighted by molar-refractivity contribution is -0.00224. The van der Waals surface area contributed by atoms with Gasteiger partial charge in [-0.05, 0) is 31.6 Å². The van der Waals surface area contributed by atoms with Crippen molar-refractivity contribution in [1.82, 2.24) is 10.1 Å². The molecule has 0 spiro atoms. The Balaban J connectivity index is 1.71. The number of nitrogens with zero attached hydrogens (tertiary/aromatic N) is 2. The van der Waals surface area contributed by atoms with Crippen LogP contribution in [0.4, 0.5) is 0 Å². The van der Waals surface area contributed by atoms with Gasteiger partial charge in [0.1, 0.15) is 6.61 Å². The summed E-state index contributed by atoms with van der Waals surface area (Å²) in [6, 6.07) is 0. The summed E-state index contributed by atoms with van der Waals surface area (Å²) in [5.41, 5.74) is 0. The minimum atomic E-state index is 0.279. The molecule has 2 rings (SSSR count). The maximum absolute atomic E-state index is 9.01. The average Bonchev–Trinajstić information content (AvgIpc) is 2.73. The molecule has 0 atom stereocenters. The molecule has 0 saturated heterocycles. The van der Waals surface area contributed by atoms with Crippen molar-refractivity contribution in [2.75, 3.05) is 6.61 Å². The van der Waals surface area contributed by atoms with E-state index in [1.807, 2.05) is 0 Å². The Bertz CT molecular complexity index is 319. The number of aryl methyl sites for hydroxylation is 1. The summed E-state index contributed by atoms with van der Waals surface area (Å²) >= 11 is 0. The van der Waals surface area contributed by atoms with Crippen molar-refractivity contribution in [1.29, 1.82) is 0 Å². The molecule has 1 aromatic heterocycles. The molecule has 0 aromatic carbocycles. The molecule has 5 heteroatoms. The summed E-state index contributed by atoms with van der Waals surface area (Å²) in [5, 5.41) is 12.8. The molecule has 0 unspecified atom stereocenters. The standard InChI is InChI=1S/C11H18N2O3/c1-8-12-11(13-16-8)7-15-10-4-2-9(6-14)3-5-10/h9-10,14H,2-7H2,1H3. The second-order valence-corrected chi connectivity index (χ2v) is 4.37. The van der Waals surface area contributed by atoms with Crippen molar-refractivity contribution in [3.63, 3.8) is 0 Å². The van der Waals surface area contributed by atoms with E-state index in [-0.39, 0.29) is 6.10 Å². The van der Waals surface area contributed by atoms with E-state index in [0.29, 0.717) is 30.8 Å². The fraction of sp³-hybridized carbons (Fsp3) is 0.818. The number of aliphatic hydroxyl groups is 1. The molecule has 1 aromatic rings. The molecule has 1 fully saturated rings. The van der Waals surface area contributed by atoms with Crippen LogP contribution < -0.4 is 0 Å². The molecule has 1 saturated carbocycles. The zero-order chi connectivity index (χ0) is 11.4. The van der Waals surface area contributed by atoms with E-state index >= 15 is 0 Å². The van der Waals surface area contributed by atoms with Gasteiger partial charge in [-0.3, -0.25) is 0 Å². The first-order chi connectivity index (χ1) is 7.78. The van der Waals surface area contributed by atoms with Crippen molar-refractivity contribution in [3.8, 4) is 0 Å². The van der Waals surface area contributed by atoms with Crippen LogP contribution in [-0.4, -0.2) is 28.0 Å². The monoisotopic (exact) mass is 226 g/mol. The number of aliphatic hydroxyl groups excluding tert-OH is 1. The third-order valence-corrected chi connectivity index (χ3v) is 3.07. The van der Waals surface area contributed by atoms with Gasteiger partial charge in [0, 0.05) is 13.5 Å². The van der Waals surface area contributed by atoms with Gasteiger partial charge in [-0.2, -0.15) is 4.98 Å². The molecule has 5 nitrogen and oxygen atoms in total. The van der Waals surface area contributed by atoms with Crippen LogP contribution in [0.1, 0.15) is 37.4 Å². The van der Waals surface area contributed by atoms with Crippen LogP contribution in [0.2, 0.25) is 0 Å². The van der Waals surface area contributed by atoms with Gasteiger partial charge in [0.2, 0.25) is 5.89 Å². The zero-order valence-corrected chi connectivity index (χ0v) is 9.56. The summed E-state index contributed by atoms with van der Waals surface area (Å²) in [4.78, 5) is 4.08. The summed E-state index contributed by atoms with van der Waals surface area (Å²) in [5.74, 6) is 1.65. The van der Waals surface area contributed by atoms with Crippen LogP contribution in [0.3, 0.4) is 0 Å². The van der Waals surface area contributed by atoms with Crippen molar-refractivity contribution >= 4 is 0 Å². The highest BCUT2D eigenvalue weighted by atomic mass is 16.5. The van der Waals surface area contributed by atoms with Crippen LogP contribution >= 0.6 is 0 Å². The van der Waals surface area contributed by atoms with Crippen molar-refractivity contribution in [2.45, 2.75) is 45.3 Å². The zero-order valence-electron chi connectivity index (χ0n) is 9.56. The average molecular weight is 226 g/mol. The molecule has 1 aliphatic carbocycles. The van der Waals surface area contributed by atoms with Crippen LogP contribution in [-0.2, 0) is 11.3 Å². The maximum Gasteiger partial charge on any atom is 0.223 e. The summed E-state index contributed by atoms with van der Waals surface area (Å²) in [6.07, 6.45) is 4.41. The number of rotatable bonds is 4. The van der Waals surface area contributed by atoms with Crippen molar-refractivity contribution in [3.05, 3.63) is 11.7 Å².